The maximum Gasteiger partial charge on any atom is 0.134 e. The first-order valence-corrected chi connectivity index (χ1v) is 4.91. The third-order valence-electron chi connectivity index (χ3n) is 2.49. The van der Waals surface area contributed by atoms with Gasteiger partial charge in [-0.1, -0.05) is 18.2 Å². The molecule has 2 heteroatoms. The summed E-state index contributed by atoms with van der Waals surface area (Å²) in [7, 11) is 0. The summed E-state index contributed by atoms with van der Waals surface area (Å²) in [4.78, 5) is 0. The molecule has 0 unspecified atom stereocenters. The van der Waals surface area contributed by atoms with Crippen molar-refractivity contribution in [2.24, 2.45) is 0 Å². The Morgan fingerprint density at radius 2 is 2.07 bits per heavy atom. The quantitative estimate of drug-likeness (QED) is 0.807. The Bertz CT molecular complexity index is 429. The molecule has 2 aromatic rings. The van der Waals surface area contributed by atoms with Gasteiger partial charge in [-0.25, -0.2) is 0 Å². The van der Waals surface area contributed by atoms with Crippen LogP contribution in [0.5, 0.6) is 0 Å². The molecule has 0 aliphatic carbocycles. The topological polar surface area (TPSA) is 33.4 Å². The summed E-state index contributed by atoms with van der Waals surface area (Å²) in [6.07, 6.45) is 1.68. The van der Waals surface area contributed by atoms with E-state index < -0.39 is 0 Å². The highest BCUT2D eigenvalue weighted by Crippen LogP contribution is 2.25. The van der Waals surface area contributed by atoms with Gasteiger partial charge in [-0.3, -0.25) is 0 Å². The third kappa shape index (κ3) is 1.53. The Morgan fingerprint density at radius 3 is 2.86 bits per heavy atom. The predicted octanol–water partition coefficient (Wildman–Crippen LogP) is 2.67. The highest BCUT2D eigenvalue weighted by molar-refractivity contribution is 5.82. The van der Waals surface area contributed by atoms with Gasteiger partial charge in [-0.05, 0) is 25.8 Å². The standard InChI is InChI=1S/C12H14O2/c1-9-10(6-4-8-13)11-5-2-3-7-12(11)14-9/h2-3,5,7,13H,4,6,8H2,1H3. The summed E-state index contributed by atoms with van der Waals surface area (Å²) >= 11 is 0. The summed E-state index contributed by atoms with van der Waals surface area (Å²) in [6.45, 7) is 2.21. The molecule has 0 aliphatic heterocycles. The third-order valence-corrected chi connectivity index (χ3v) is 2.49. The minimum absolute atomic E-state index is 0.235. The van der Waals surface area contributed by atoms with E-state index >= 15 is 0 Å². The van der Waals surface area contributed by atoms with Gasteiger partial charge in [0.1, 0.15) is 11.3 Å². The molecule has 0 amide bonds. The van der Waals surface area contributed by atoms with Crippen LogP contribution in [0.2, 0.25) is 0 Å². The van der Waals surface area contributed by atoms with Crippen LogP contribution >= 0.6 is 0 Å². The van der Waals surface area contributed by atoms with Crippen LogP contribution in [0.4, 0.5) is 0 Å². The molecule has 1 heterocycles. The lowest BCUT2D eigenvalue weighted by molar-refractivity contribution is 0.288. The molecule has 74 valence electrons. The van der Waals surface area contributed by atoms with E-state index in [2.05, 4.69) is 6.07 Å². The van der Waals surface area contributed by atoms with Crippen molar-refractivity contribution >= 4 is 11.0 Å². The molecule has 0 aliphatic rings. The van der Waals surface area contributed by atoms with E-state index in [-0.39, 0.29) is 6.61 Å². The van der Waals surface area contributed by atoms with E-state index in [1.807, 2.05) is 25.1 Å². The van der Waals surface area contributed by atoms with Crippen molar-refractivity contribution in [3.8, 4) is 0 Å². The highest BCUT2D eigenvalue weighted by Gasteiger charge is 2.08. The van der Waals surface area contributed by atoms with Crippen LogP contribution < -0.4 is 0 Å². The number of furan rings is 1. The van der Waals surface area contributed by atoms with Gasteiger partial charge in [0.05, 0.1) is 0 Å². The largest absolute Gasteiger partial charge is 0.461 e. The molecule has 1 aromatic heterocycles. The monoisotopic (exact) mass is 190 g/mol. The summed E-state index contributed by atoms with van der Waals surface area (Å²) in [5.74, 6) is 0.972. The van der Waals surface area contributed by atoms with Crippen molar-refractivity contribution in [2.75, 3.05) is 6.61 Å². The van der Waals surface area contributed by atoms with Gasteiger partial charge in [-0.15, -0.1) is 0 Å². The Kier molecular flexibility index (Phi) is 2.55. The molecule has 14 heavy (non-hydrogen) atoms. The van der Waals surface area contributed by atoms with Crippen LogP contribution in [-0.4, -0.2) is 11.7 Å². The fourth-order valence-electron chi connectivity index (χ4n) is 1.79. The lowest BCUT2D eigenvalue weighted by atomic mass is 10.1. The van der Waals surface area contributed by atoms with E-state index in [1.54, 1.807) is 0 Å². The minimum atomic E-state index is 0.235. The summed E-state index contributed by atoms with van der Waals surface area (Å²) in [6, 6.07) is 8.03. The number of fused-ring (bicyclic) bond motifs is 1. The van der Waals surface area contributed by atoms with Gasteiger partial charge in [0.2, 0.25) is 0 Å². The van der Waals surface area contributed by atoms with Gasteiger partial charge in [-0.2, -0.15) is 0 Å². The van der Waals surface area contributed by atoms with Crippen LogP contribution in [0.1, 0.15) is 17.7 Å². The van der Waals surface area contributed by atoms with Gasteiger partial charge in [0, 0.05) is 17.6 Å². The van der Waals surface area contributed by atoms with Gasteiger partial charge < -0.3 is 9.52 Å². The van der Waals surface area contributed by atoms with Gasteiger partial charge in [0.25, 0.3) is 0 Å². The van der Waals surface area contributed by atoms with E-state index in [4.69, 9.17) is 9.52 Å². The smallest absolute Gasteiger partial charge is 0.134 e. The lowest BCUT2D eigenvalue weighted by Gasteiger charge is -1.96. The second kappa shape index (κ2) is 3.84. The molecule has 0 saturated carbocycles. The summed E-state index contributed by atoms with van der Waals surface area (Å²) in [5, 5.41) is 9.98. The van der Waals surface area contributed by atoms with Gasteiger partial charge >= 0.3 is 0 Å². The molecule has 1 aromatic carbocycles. The zero-order chi connectivity index (χ0) is 9.97. The summed E-state index contributed by atoms with van der Waals surface area (Å²) in [5.41, 5.74) is 2.17. The SMILES string of the molecule is Cc1oc2ccccc2c1CCCO. The van der Waals surface area contributed by atoms with Crippen LogP contribution in [0.15, 0.2) is 28.7 Å². The average Bonchev–Trinajstić information content (AvgIpc) is 2.51. The van der Waals surface area contributed by atoms with Crippen LogP contribution in [0.3, 0.4) is 0 Å². The number of benzene rings is 1. The number of para-hydroxylation sites is 1. The van der Waals surface area contributed by atoms with E-state index in [1.165, 1.54) is 10.9 Å². The summed E-state index contributed by atoms with van der Waals surface area (Å²) < 4.78 is 5.61. The predicted molar refractivity (Wildman–Crippen MR) is 56.4 cm³/mol. The molecular formula is C12H14O2. The van der Waals surface area contributed by atoms with E-state index in [0.29, 0.717) is 0 Å². The molecule has 2 rings (SSSR count). The first-order valence-electron chi connectivity index (χ1n) is 4.91. The van der Waals surface area contributed by atoms with Crippen molar-refractivity contribution in [2.45, 2.75) is 19.8 Å². The molecule has 0 atom stereocenters. The Morgan fingerprint density at radius 1 is 1.29 bits per heavy atom. The lowest BCUT2D eigenvalue weighted by Crippen LogP contribution is -1.89. The number of rotatable bonds is 3. The molecule has 0 bridgehead atoms. The second-order valence-corrected chi connectivity index (χ2v) is 3.46. The maximum atomic E-state index is 8.80. The van der Waals surface area contributed by atoms with E-state index in [0.717, 1.165) is 24.2 Å². The van der Waals surface area contributed by atoms with Gasteiger partial charge in [0.15, 0.2) is 0 Å². The van der Waals surface area contributed by atoms with Crippen molar-refractivity contribution in [1.29, 1.82) is 0 Å². The molecule has 0 saturated heterocycles. The second-order valence-electron chi connectivity index (χ2n) is 3.46. The fraction of sp³-hybridized carbons (Fsp3) is 0.333. The van der Waals surface area contributed by atoms with E-state index in [9.17, 15) is 0 Å². The van der Waals surface area contributed by atoms with Crippen molar-refractivity contribution in [3.05, 3.63) is 35.6 Å². The number of aliphatic hydroxyl groups is 1. The number of aryl methyl sites for hydroxylation is 2. The first kappa shape index (κ1) is 9.28. The van der Waals surface area contributed by atoms with Crippen LogP contribution in [0.25, 0.3) is 11.0 Å². The normalized spacial score (nSPS) is 11.0. The van der Waals surface area contributed by atoms with Crippen molar-refractivity contribution < 1.29 is 9.52 Å². The highest BCUT2D eigenvalue weighted by atomic mass is 16.3. The zero-order valence-corrected chi connectivity index (χ0v) is 8.29. The Hall–Kier alpha value is -1.28. The molecule has 2 nitrogen and oxygen atoms in total. The maximum absolute atomic E-state index is 8.80. The molecule has 1 N–H and O–H groups in total. The zero-order valence-electron chi connectivity index (χ0n) is 8.29. The number of aliphatic hydroxyl groups excluding tert-OH is 1. The Balaban J connectivity index is 2.45. The van der Waals surface area contributed by atoms with Crippen molar-refractivity contribution in [3.63, 3.8) is 0 Å². The number of hydrogen-bond acceptors (Lipinski definition) is 2. The van der Waals surface area contributed by atoms with Crippen LogP contribution in [-0.2, 0) is 6.42 Å². The molecule has 0 fully saturated rings. The van der Waals surface area contributed by atoms with Crippen molar-refractivity contribution in [1.82, 2.24) is 0 Å². The molecular weight excluding hydrogens is 176 g/mol. The average molecular weight is 190 g/mol. The van der Waals surface area contributed by atoms with Crippen LogP contribution in [0, 0.1) is 6.92 Å². The Labute approximate surface area is 83.2 Å². The molecule has 0 radical (unpaired) electrons. The first-order chi connectivity index (χ1) is 6.83. The number of hydrogen-bond donors (Lipinski definition) is 1. The minimum Gasteiger partial charge on any atom is -0.461 e. The molecule has 0 spiro atoms. The fourth-order valence-corrected chi connectivity index (χ4v) is 1.79.